The maximum absolute atomic E-state index is 12.9. The van der Waals surface area contributed by atoms with Gasteiger partial charge in [-0.25, -0.2) is 0 Å². The Kier molecular flexibility index (Phi) is 5.35. The predicted octanol–water partition coefficient (Wildman–Crippen LogP) is 0.877. The van der Waals surface area contributed by atoms with Crippen molar-refractivity contribution in [2.45, 2.75) is 51.4 Å². The highest BCUT2D eigenvalue weighted by Gasteiger charge is 2.40. The number of imide groups is 1. The number of fused-ring (bicyclic) bond motifs is 1. The van der Waals surface area contributed by atoms with Gasteiger partial charge in [-0.15, -0.1) is 0 Å². The molecule has 0 spiro atoms. The van der Waals surface area contributed by atoms with Crippen molar-refractivity contribution in [3.63, 3.8) is 0 Å². The van der Waals surface area contributed by atoms with Crippen LogP contribution in [0.15, 0.2) is 18.2 Å². The predicted molar refractivity (Wildman–Crippen MR) is 102 cm³/mol. The monoisotopic (exact) mass is 372 g/mol. The fourth-order valence-corrected chi connectivity index (χ4v) is 3.84. The summed E-state index contributed by atoms with van der Waals surface area (Å²) in [6.07, 6.45) is 0.652. The normalized spacial score (nSPS) is 20.3. The van der Waals surface area contributed by atoms with Gasteiger partial charge in [-0.1, -0.05) is 12.1 Å². The van der Waals surface area contributed by atoms with Crippen LogP contribution in [-0.4, -0.2) is 59.7 Å². The highest BCUT2D eigenvalue weighted by molar-refractivity contribution is 6.05. The number of carbonyl (C=O) groups excluding carboxylic acids is 3. The molecule has 0 aromatic heterocycles. The third-order valence-corrected chi connectivity index (χ3v) is 5.73. The Morgan fingerprint density at radius 3 is 2.70 bits per heavy atom. The number of rotatable bonds is 6. The number of benzene rings is 1. The molecule has 7 heteroatoms. The van der Waals surface area contributed by atoms with Gasteiger partial charge in [-0.2, -0.15) is 0 Å². The maximum atomic E-state index is 12.9. The van der Waals surface area contributed by atoms with Gasteiger partial charge in [0.05, 0.1) is 0 Å². The molecule has 1 aromatic carbocycles. The average Bonchev–Trinajstić information content (AvgIpc) is 2.93. The van der Waals surface area contributed by atoms with E-state index < -0.39 is 6.04 Å². The van der Waals surface area contributed by atoms with Gasteiger partial charge in [0, 0.05) is 37.2 Å². The highest BCUT2D eigenvalue weighted by Crippen LogP contribution is 2.31. The second-order valence-electron chi connectivity index (χ2n) is 8.04. The van der Waals surface area contributed by atoms with E-state index in [1.165, 1.54) is 0 Å². The molecule has 2 heterocycles. The average molecular weight is 372 g/mol. The number of amides is 3. The van der Waals surface area contributed by atoms with Crippen LogP contribution < -0.4 is 10.6 Å². The first-order chi connectivity index (χ1) is 12.7. The van der Waals surface area contributed by atoms with Crippen molar-refractivity contribution >= 4 is 17.7 Å². The van der Waals surface area contributed by atoms with Crippen LogP contribution in [0, 0.1) is 0 Å². The smallest absolute Gasteiger partial charge is 0.255 e. The molecule has 146 valence electrons. The Morgan fingerprint density at radius 1 is 1.30 bits per heavy atom. The second kappa shape index (κ2) is 7.40. The van der Waals surface area contributed by atoms with Crippen molar-refractivity contribution < 1.29 is 14.4 Å². The van der Waals surface area contributed by atoms with E-state index in [1.807, 2.05) is 25.2 Å². The lowest BCUT2D eigenvalue weighted by Gasteiger charge is -2.36. The third kappa shape index (κ3) is 3.75. The van der Waals surface area contributed by atoms with Crippen LogP contribution in [0.2, 0.25) is 0 Å². The van der Waals surface area contributed by atoms with E-state index in [-0.39, 0.29) is 29.7 Å². The highest BCUT2D eigenvalue weighted by atomic mass is 16.2. The van der Waals surface area contributed by atoms with Crippen LogP contribution in [0.1, 0.15) is 48.2 Å². The molecule has 1 saturated heterocycles. The first kappa shape index (κ1) is 19.5. The fraction of sp³-hybridized carbons (Fsp3) is 0.550. The number of nitrogens with one attached hydrogen (secondary N) is 2. The summed E-state index contributed by atoms with van der Waals surface area (Å²) in [5.74, 6) is -0.769. The zero-order valence-electron chi connectivity index (χ0n) is 16.5. The molecule has 0 aliphatic carbocycles. The molecule has 3 rings (SSSR count). The second-order valence-corrected chi connectivity index (χ2v) is 8.04. The van der Waals surface area contributed by atoms with Gasteiger partial charge < -0.3 is 10.2 Å². The van der Waals surface area contributed by atoms with Gasteiger partial charge in [0.15, 0.2) is 0 Å². The van der Waals surface area contributed by atoms with Crippen LogP contribution in [0.3, 0.4) is 0 Å². The van der Waals surface area contributed by atoms with Gasteiger partial charge in [-0.05, 0) is 51.6 Å². The minimum absolute atomic E-state index is 0.0383. The lowest BCUT2D eigenvalue weighted by Crippen LogP contribution is -2.52. The van der Waals surface area contributed by atoms with E-state index >= 15 is 0 Å². The molecule has 2 aliphatic heterocycles. The number of hydrogen-bond acceptors (Lipinski definition) is 5. The van der Waals surface area contributed by atoms with Crippen LogP contribution in [0.5, 0.6) is 0 Å². The summed E-state index contributed by atoms with van der Waals surface area (Å²) in [4.78, 5) is 40.4. The lowest BCUT2D eigenvalue weighted by atomic mass is 9.99. The third-order valence-electron chi connectivity index (χ3n) is 5.73. The van der Waals surface area contributed by atoms with E-state index in [4.69, 9.17) is 0 Å². The minimum Gasteiger partial charge on any atom is -0.322 e. The molecule has 2 N–H and O–H groups in total. The Labute approximate surface area is 160 Å². The number of hydrogen-bond donors (Lipinski definition) is 2. The molecule has 3 amide bonds. The van der Waals surface area contributed by atoms with E-state index in [0.29, 0.717) is 25.1 Å². The molecular formula is C20H28N4O3. The molecule has 7 nitrogen and oxygen atoms in total. The van der Waals surface area contributed by atoms with Gasteiger partial charge in [0.25, 0.3) is 5.91 Å². The molecular weight excluding hydrogens is 344 g/mol. The quantitative estimate of drug-likeness (QED) is 0.725. The number of likely N-dealkylation sites (N-methyl/N-ethyl adjacent to an activating group) is 2. The summed E-state index contributed by atoms with van der Waals surface area (Å²) in [5, 5.41) is 5.56. The van der Waals surface area contributed by atoms with Crippen LogP contribution >= 0.6 is 0 Å². The zero-order chi connectivity index (χ0) is 19.8. The topological polar surface area (TPSA) is 81.8 Å². The fourth-order valence-electron chi connectivity index (χ4n) is 3.84. The maximum Gasteiger partial charge on any atom is 0.255 e. The Balaban J connectivity index is 1.82. The van der Waals surface area contributed by atoms with Gasteiger partial charge >= 0.3 is 0 Å². The molecule has 1 aromatic rings. The van der Waals surface area contributed by atoms with Crippen LogP contribution in [0.4, 0.5) is 0 Å². The van der Waals surface area contributed by atoms with Crippen molar-refractivity contribution in [2.24, 2.45) is 0 Å². The standard InChI is InChI=1S/C20H28N4O3/c1-20(2,12-21-3)23(4)10-13-6-5-7-14-15(13)11-24(19(14)27)16-8-9-17(25)22-18(16)26/h5-7,16,21H,8-12H2,1-4H3,(H,22,25,26). The molecule has 0 bridgehead atoms. The molecule has 2 aliphatic rings. The molecule has 0 radical (unpaired) electrons. The summed E-state index contributed by atoms with van der Waals surface area (Å²) in [5.41, 5.74) is 2.71. The first-order valence-electron chi connectivity index (χ1n) is 9.36. The summed E-state index contributed by atoms with van der Waals surface area (Å²) >= 11 is 0. The molecule has 1 atom stereocenters. The van der Waals surface area contributed by atoms with E-state index in [9.17, 15) is 14.4 Å². The SMILES string of the molecule is CNCC(C)(C)N(C)Cc1cccc2c1CN(C1CCC(=O)NC1=O)C2=O. The summed E-state index contributed by atoms with van der Waals surface area (Å²) < 4.78 is 0. The largest absolute Gasteiger partial charge is 0.322 e. The zero-order valence-corrected chi connectivity index (χ0v) is 16.5. The Hall–Kier alpha value is -2.25. The summed E-state index contributed by atoms with van der Waals surface area (Å²) in [7, 11) is 4.01. The van der Waals surface area contributed by atoms with E-state index in [0.717, 1.165) is 17.7 Å². The number of piperidine rings is 1. The van der Waals surface area contributed by atoms with Crippen molar-refractivity contribution in [1.82, 2.24) is 20.4 Å². The van der Waals surface area contributed by atoms with Gasteiger partial charge in [-0.3, -0.25) is 24.6 Å². The van der Waals surface area contributed by atoms with Crippen LogP contribution in [0.25, 0.3) is 0 Å². The van der Waals surface area contributed by atoms with Crippen LogP contribution in [-0.2, 0) is 22.7 Å². The molecule has 1 fully saturated rings. The molecule has 27 heavy (non-hydrogen) atoms. The van der Waals surface area contributed by atoms with E-state index in [2.05, 4.69) is 36.4 Å². The number of nitrogens with zero attached hydrogens (tertiary/aromatic N) is 2. The number of carbonyl (C=O) groups is 3. The minimum atomic E-state index is -0.575. The van der Waals surface area contributed by atoms with Gasteiger partial charge in [0.1, 0.15) is 6.04 Å². The van der Waals surface area contributed by atoms with Crippen molar-refractivity contribution in [3.05, 3.63) is 34.9 Å². The first-order valence-corrected chi connectivity index (χ1v) is 9.36. The Bertz CT molecular complexity index is 774. The van der Waals surface area contributed by atoms with Crippen molar-refractivity contribution in [1.29, 1.82) is 0 Å². The van der Waals surface area contributed by atoms with E-state index in [1.54, 1.807) is 4.90 Å². The molecule has 0 saturated carbocycles. The lowest BCUT2D eigenvalue weighted by molar-refractivity contribution is -0.136. The van der Waals surface area contributed by atoms with Crippen molar-refractivity contribution in [3.8, 4) is 0 Å². The van der Waals surface area contributed by atoms with Gasteiger partial charge in [0.2, 0.25) is 11.8 Å². The summed E-state index contributed by atoms with van der Waals surface area (Å²) in [6, 6.07) is 5.20. The summed E-state index contributed by atoms with van der Waals surface area (Å²) in [6.45, 7) is 6.33. The van der Waals surface area contributed by atoms with Crippen molar-refractivity contribution in [2.75, 3.05) is 20.6 Å². The Morgan fingerprint density at radius 2 is 2.04 bits per heavy atom. The molecule has 1 unspecified atom stereocenters.